The summed E-state index contributed by atoms with van der Waals surface area (Å²) in [5, 5.41) is 2.71. The van der Waals surface area contributed by atoms with Gasteiger partial charge < -0.3 is 14.2 Å². The third-order valence-electron chi connectivity index (χ3n) is 3.63. The lowest BCUT2D eigenvalue weighted by Gasteiger charge is -2.25. The van der Waals surface area contributed by atoms with Crippen molar-refractivity contribution >= 4 is 11.9 Å². The molecule has 7 heteroatoms. The fourth-order valence-electron chi connectivity index (χ4n) is 2.29. The van der Waals surface area contributed by atoms with Crippen molar-refractivity contribution in [2.45, 2.75) is 6.92 Å². The van der Waals surface area contributed by atoms with Crippen LogP contribution in [0.25, 0.3) is 0 Å². The first kappa shape index (κ1) is 18.2. The van der Waals surface area contributed by atoms with Gasteiger partial charge in [0.05, 0.1) is 33.5 Å². The van der Waals surface area contributed by atoms with Crippen LogP contribution in [0.3, 0.4) is 0 Å². The molecule has 1 N–H and O–H groups in total. The molecule has 0 aliphatic carbocycles. The highest BCUT2D eigenvalue weighted by molar-refractivity contribution is 6.04. The Kier molecular flexibility index (Phi) is 7.51. The van der Waals surface area contributed by atoms with Gasteiger partial charge >= 0.3 is 0 Å². The maximum Gasteiger partial charge on any atom is 0.291 e. The van der Waals surface area contributed by atoms with E-state index in [0.717, 1.165) is 32.8 Å². The van der Waals surface area contributed by atoms with Gasteiger partial charge in [0.2, 0.25) is 0 Å². The lowest BCUT2D eigenvalue weighted by atomic mass is 10.2. The van der Waals surface area contributed by atoms with Crippen LogP contribution in [0.2, 0.25) is 0 Å². The largest absolute Gasteiger partial charge is 0.497 e. The molecular weight excluding hydrogens is 310 g/mol. The third kappa shape index (κ3) is 5.82. The minimum atomic E-state index is -0.253. The van der Waals surface area contributed by atoms with Crippen LogP contribution < -0.4 is 10.1 Å². The zero-order valence-corrected chi connectivity index (χ0v) is 14.3. The molecule has 1 aromatic rings. The van der Waals surface area contributed by atoms with Gasteiger partial charge in [0, 0.05) is 25.2 Å². The van der Waals surface area contributed by atoms with Crippen LogP contribution in [0.15, 0.2) is 29.3 Å². The number of amides is 1. The van der Waals surface area contributed by atoms with E-state index in [0.29, 0.717) is 24.5 Å². The maximum atomic E-state index is 12.3. The van der Waals surface area contributed by atoms with E-state index < -0.39 is 0 Å². The Hall–Kier alpha value is -2.12. The summed E-state index contributed by atoms with van der Waals surface area (Å²) < 4.78 is 15.8. The van der Waals surface area contributed by atoms with Gasteiger partial charge in [-0.1, -0.05) is 0 Å². The van der Waals surface area contributed by atoms with E-state index in [1.165, 1.54) is 0 Å². The number of ether oxygens (including phenoxy) is 3. The van der Waals surface area contributed by atoms with E-state index in [-0.39, 0.29) is 11.9 Å². The first-order valence-electron chi connectivity index (χ1n) is 8.15. The molecule has 0 aromatic heterocycles. The Bertz CT molecular complexity index is 539. The molecule has 1 aliphatic heterocycles. The molecule has 0 bridgehead atoms. The molecule has 0 saturated carbocycles. The summed E-state index contributed by atoms with van der Waals surface area (Å²) in [5.74, 6) is 0.451. The second kappa shape index (κ2) is 9.89. The van der Waals surface area contributed by atoms with Gasteiger partial charge in [-0.15, -0.1) is 0 Å². The molecule has 1 saturated heterocycles. The van der Waals surface area contributed by atoms with Gasteiger partial charge in [0.1, 0.15) is 5.75 Å². The number of morpholine rings is 1. The summed E-state index contributed by atoms with van der Waals surface area (Å²) in [6, 6.07) is 7.14. The number of hydrogen-bond acceptors (Lipinski definition) is 6. The number of aliphatic imine (C=N–C) groups is 1. The number of benzene rings is 1. The van der Waals surface area contributed by atoms with E-state index >= 15 is 0 Å². The zero-order chi connectivity index (χ0) is 17.2. The van der Waals surface area contributed by atoms with Crippen molar-refractivity contribution in [1.82, 2.24) is 10.2 Å². The van der Waals surface area contributed by atoms with Crippen LogP contribution in [-0.2, 0) is 9.47 Å². The average Bonchev–Trinajstić information content (AvgIpc) is 2.63. The number of nitrogens with zero attached hydrogens (tertiary/aromatic N) is 2. The van der Waals surface area contributed by atoms with Crippen molar-refractivity contribution in [1.29, 1.82) is 0 Å². The highest BCUT2D eigenvalue weighted by atomic mass is 16.5. The molecule has 24 heavy (non-hydrogen) atoms. The number of methoxy groups -OCH3 is 1. The summed E-state index contributed by atoms with van der Waals surface area (Å²) in [7, 11) is 1.59. The Morgan fingerprint density at radius 1 is 1.29 bits per heavy atom. The maximum absolute atomic E-state index is 12.3. The predicted molar refractivity (Wildman–Crippen MR) is 91.6 cm³/mol. The van der Waals surface area contributed by atoms with Crippen LogP contribution >= 0.6 is 0 Å². The number of carbonyl (C=O) groups is 1. The van der Waals surface area contributed by atoms with Crippen molar-refractivity contribution in [3.63, 3.8) is 0 Å². The fourth-order valence-corrected chi connectivity index (χ4v) is 2.29. The molecule has 0 radical (unpaired) electrons. The Morgan fingerprint density at radius 2 is 2.00 bits per heavy atom. The smallest absolute Gasteiger partial charge is 0.291 e. The van der Waals surface area contributed by atoms with Crippen molar-refractivity contribution in [3.05, 3.63) is 29.8 Å². The summed E-state index contributed by atoms with van der Waals surface area (Å²) in [5.41, 5.74) is 0.524. The second-order valence-corrected chi connectivity index (χ2v) is 5.26. The molecule has 0 atom stereocenters. The van der Waals surface area contributed by atoms with E-state index in [2.05, 4.69) is 15.2 Å². The molecule has 1 aromatic carbocycles. The predicted octanol–water partition coefficient (Wildman–Crippen LogP) is 1.15. The minimum absolute atomic E-state index is 0.253. The van der Waals surface area contributed by atoms with Gasteiger partial charge in [0.25, 0.3) is 11.9 Å². The van der Waals surface area contributed by atoms with Gasteiger partial charge in [0.15, 0.2) is 0 Å². The number of amidine groups is 1. The van der Waals surface area contributed by atoms with E-state index in [1.807, 2.05) is 6.92 Å². The van der Waals surface area contributed by atoms with Gasteiger partial charge in [-0.3, -0.25) is 15.0 Å². The Labute approximate surface area is 142 Å². The monoisotopic (exact) mass is 335 g/mol. The number of rotatable bonds is 6. The Balaban J connectivity index is 1.88. The summed E-state index contributed by atoms with van der Waals surface area (Å²) in [6.07, 6.45) is 0. The Morgan fingerprint density at radius 3 is 2.62 bits per heavy atom. The van der Waals surface area contributed by atoms with Crippen LogP contribution in [0.4, 0.5) is 0 Å². The van der Waals surface area contributed by atoms with E-state index in [4.69, 9.17) is 14.2 Å². The quantitative estimate of drug-likeness (QED) is 0.624. The lowest BCUT2D eigenvalue weighted by molar-refractivity contribution is 0.0394. The highest BCUT2D eigenvalue weighted by Crippen LogP contribution is 2.11. The summed E-state index contributed by atoms with van der Waals surface area (Å²) in [4.78, 5) is 18.9. The van der Waals surface area contributed by atoms with Crippen molar-refractivity contribution < 1.29 is 19.0 Å². The van der Waals surface area contributed by atoms with Crippen molar-refractivity contribution in [2.75, 3.05) is 53.1 Å². The molecule has 1 fully saturated rings. The van der Waals surface area contributed by atoms with Gasteiger partial charge in [-0.2, -0.15) is 0 Å². The number of hydrogen-bond donors (Lipinski definition) is 1. The molecule has 1 aliphatic rings. The van der Waals surface area contributed by atoms with Crippen LogP contribution in [0, 0.1) is 0 Å². The molecule has 0 unspecified atom stereocenters. The number of carbonyl (C=O) groups excluding carboxylic acids is 1. The zero-order valence-electron chi connectivity index (χ0n) is 14.3. The summed E-state index contributed by atoms with van der Waals surface area (Å²) >= 11 is 0. The molecular formula is C17H25N3O4. The van der Waals surface area contributed by atoms with E-state index in [9.17, 15) is 4.79 Å². The van der Waals surface area contributed by atoms with Gasteiger partial charge in [-0.05, 0) is 31.2 Å². The minimum Gasteiger partial charge on any atom is -0.497 e. The molecule has 1 heterocycles. The molecule has 7 nitrogen and oxygen atoms in total. The van der Waals surface area contributed by atoms with Crippen LogP contribution in [-0.4, -0.2) is 69.9 Å². The normalized spacial score (nSPS) is 15.8. The molecule has 2 rings (SSSR count). The van der Waals surface area contributed by atoms with Gasteiger partial charge in [-0.25, -0.2) is 4.99 Å². The van der Waals surface area contributed by atoms with E-state index in [1.54, 1.807) is 31.4 Å². The molecule has 132 valence electrons. The SMILES string of the molecule is CCOC(=NCCN1CCOCC1)NC(=O)c1ccc(OC)cc1. The molecule has 1 amide bonds. The van der Waals surface area contributed by atoms with Crippen LogP contribution in [0.1, 0.15) is 17.3 Å². The average molecular weight is 335 g/mol. The second-order valence-electron chi connectivity index (χ2n) is 5.26. The lowest BCUT2D eigenvalue weighted by Crippen LogP contribution is -2.38. The fraction of sp³-hybridized carbons (Fsp3) is 0.529. The first-order valence-corrected chi connectivity index (χ1v) is 8.15. The van der Waals surface area contributed by atoms with Crippen molar-refractivity contribution in [2.24, 2.45) is 4.99 Å². The standard InChI is InChI=1S/C17H25N3O4/c1-3-24-17(18-8-9-20-10-12-23-13-11-20)19-16(21)14-4-6-15(22-2)7-5-14/h4-7H,3,8-13H2,1-2H3,(H,18,19,21). The molecule has 0 spiro atoms. The van der Waals surface area contributed by atoms with Crippen LogP contribution in [0.5, 0.6) is 5.75 Å². The number of nitrogens with one attached hydrogen (secondary N) is 1. The topological polar surface area (TPSA) is 72.4 Å². The third-order valence-corrected chi connectivity index (χ3v) is 3.63. The first-order chi connectivity index (χ1) is 11.7. The highest BCUT2D eigenvalue weighted by Gasteiger charge is 2.12. The summed E-state index contributed by atoms with van der Waals surface area (Å²) in [6.45, 7) is 7.04. The van der Waals surface area contributed by atoms with Crippen molar-refractivity contribution in [3.8, 4) is 5.75 Å².